The fourth-order valence-electron chi connectivity index (χ4n) is 1.75. The summed E-state index contributed by atoms with van der Waals surface area (Å²) in [5, 5.41) is 2.37. The molecule has 0 aliphatic carbocycles. The second-order valence-corrected chi connectivity index (χ2v) is 3.91. The van der Waals surface area contributed by atoms with Crippen LogP contribution in [0, 0.1) is 0 Å². The van der Waals surface area contributed by atoms with E-state index < -0.39 is 0 Å². The van der Waals surface area contributed by atoms with E-state index in [1.165, 1.54) is 24.0 Å². The Kier molecular flexibility index (Phi) is 3.24. The molecule has 0 heterocycles. The first-order valence-electron chi connectivity index (χ1n) is 5.46. The van der Waals surface area contributed by atoms with Crippen molar-refractivity contribution in [1.82, 2.24) is 0 Å². The van der Waals surface area contributed by atoms with Crippen LogP contribution in [0.1, 0.15) is 12.5 Å². The van der Waals surface area contributed by atoms with Gasteiger partial charge >= 0.3 is 5.97 Å². The number of methoxy groups -OCH3 is 1. The van der Waals surface area contributed by atoms with Gasteiger partial charge in [-0.25, -0.2) is 4.79 Å². The van der Waals surface area contributed by atoms with Gasteiger partial charge in [0.05, 0.1) is 7.11 Å². The van der Waals surface area contributed by atoms with Crippen molar-refractivity contribution in [3.63, 3.8) is 0 Å². The second kappa shape index (κ2) is 4.83. The van der Waals surface area contributed by atoms with Crippen LogP contribution in [0.5, 0.6) is 0 Å². The number of esters is 1. The lowest BCUT2D eigenvalue weighted by molar-refractivity contribution is -0.134. The highest BCUT2D eigenvalue weighted by atomic mass is 16.5. The van der Waals surface area contributed by atoms with Gasteiger partial charge in [0, 0.05) is 6.08 Å². The van der Waals surface area contributed by atoms with Crippen molar-refractivity contribution in [3.8, 4) is 0 Å². The first kappa shape index (κ1) is 11.4. The Balaban J connectivity index is 2.43. The summed E-state index contributed by atoms with van der Waals surface area (Å²) in [6, 6.07) is 14.3. The molecule has 86 valence electrons. The number of hydrogen-bond acceptors (Lipinski definition) is 2. The van der Waals surface area contributed by atoms with E-state index in [-0.39, 0.29) is 5.97 Å². The molecular weight excluding hydrogens is 212 g/mol. The molecule has 0 amide bonds. The van der Waals surface area contributed by atoms with E-state index in [1.807, 2.05) is 25.1 Å². The van der Waals surface area contributed by atoms with Crippen molar-refractivity contribution in [2.24, 2.45) is 0 Å². The van der Waals surface area contributed by atoms with Crippen LogP contribution in [0.2, 0.25) is 0 Å². The van der Waals surface area contributed by atoms with E-state index in [9.17, 15) is 4.79 Å². The van der Waals surface area contributed by atoms with Crippen molar-refractivity contribution in [2.75, 3.05) is 7.11 Å². The standard InChI is InChI=1S/C15H14O2/c1-11(9-15(16)17-2)13-8-7-12-5-3-4-6-14(12)10-13/h3-10H,1-2H3/b11-9+. The molecule has 17 heavy (non-hydrogen) atoms. The van der Waals surface area contributed by atoms with Gasteiger partial charge < -0.3 is 4.74 Å². The number of carbonyl (C=O) groups is 1. The lowest BCUT2D eigenvalue weighted by atomic mass is 10.0. The SMILES string of the molecule is COC(=O)/C=C(\C)c1ccc2ccccc2c1. The maximum atomic E-state index is 11.2. The van der Waals surface area contributed by atoms with E-state index in [0.29, 0.717) is 0 Å². The van der Waals surface area contributed by atoms with Gasteiger partial charge in [0.15, 0.2) is 0 Å². The zero-order valence-electron chi connectivity index (χ0n) is 9.94. The number of ether oxygens (including phenoxy) is 1. The van der Waals surface area contributed by atoms with Gasteiger partial charge in [0.1, 0.15) is 0 Å². The van der Waals surface area contributed by atoms with Crippen molar-refractivity contribution in [1.29, 1.82) is 0 Å². The van der Waals surface area contributed by atoms with Crippen LogP contribution in [0.25, 0.3) is 16.3 Å². The van der Waals surface area contributed by atoms with E-state index in [4.69, 9.17) is 0 Å². The topological polar surface area (TPSA) is 26.3 Å². The number of hydrogen-bond donors (Lipinski definition) is 0. The predicted molar refractivity (Wildman–Crippen MR) is 69.6 cm³/mol. The Labute approximate surface area is 101 Å². The van der Waals surface area contributed by atoms with Gasteiger partial charge in [0.2, 0.25) is 0 Å². The summed E-state index contributed by atoms with van der Waals surface area (Å²) in [6.45, 7) is 1.90. The highest BCUT2D eigenvalue weighted by Gasteiger charge is 2.01. The van der Waals surface area contributed by atoms with Gasteiger partial charge in [0.25, 0.3) is 0 Å². The third-order valence-corrected chi connectivity index (χ3v) is 2.74. The minimum Gasteiger partial charge on any atom is -0.466 e. The van der Waals surface area contributed by atoms with Crippen molar-refractivity contribution in [2.45, 2.75) is 6.92 Å². The van der Waals surface area contributed by atoms with Gasteiger partial charge in [-0.3, -0.25) is 0 Å². The Bertz CT molecular complexity index is 582. The molecule has 2 nitrogen and oxygen atoms in total. The molecule has 2 aromatic rings. The first-order chi connectivity index (χ1) is 8.20. The summed E-state index contributed by atoms with van der Waals surface area (Å²) in [6.07, 6.45) is 1.50. The molecule has 0 aromatic heterocycles. The monoisotopic (exact) mass is 226 g/mol. The smallest absolute Gasteiger partial charge is 0.330 e. The minimum atomic E-state index is -0.323. The molecular formula is C15H14O2. The molecule has 2 heteroatoms. The van der Waals surface area contributed by atoms with Gasteiger partial charge in [-0.15, -0.1) is 0 Å². The van der Waals surface area contributed by atoms with Gasteiger partial charge in [-0.2, -0.15) is 0 Å². The molecule has 0 spiro atoms. The quantitative estimate of drug-likeness (QED) is 0.579. The molecule has 0 bridgehead atoms. The molecule has 0 unspecified atom stereocenters. The van der Waals surface area contributed by atoms with E-state index >= 15 is 0 Å². The summed E-state index contributed by atoms with van der Waals surface area (Å²) in [5.41, 5.74) is 1.94. The summed E-state index contributed by atoms with van der Waals surface area (Å²) in [5.74, 6) is -0.323. The Morgan fingerprint density at radius 2 is 1.82 bits per heavy atom. The number of rotatable bonds is 2. The molecule has 0 N–H and O–H groups in total. The molecule has 2 rings (SSSR count). The fourth-order valence-corrected chi connectivity index (χ4v) is 1.75. The second-order valence-electron chi connectivity index (χ2n) is 3.91. The number of benzene rings is 2. The Morgan fingerprint density at radius 3 is 2.53 bits per heavy atom. The average molecular weight is 226 g/mol. The van der Waals surface area contributed by atoms with Crippen LogP contribution >= 0.6 is 0 Å². The van der Waals surface area contributed by atoms with E-state index in [2.05, 4.69) is 29.0 Å². The van der Waals surface area contributed by atoms with Crippen LogP contribution in [0.4, 0.5) is 0 Å². The summed E-state index contributed by atoms with van der Waals surface area (Å²) in [4.78, 5) is 11.2. The van der Waals surface area contributed by atoms with Gasteiger partial charge in [-0.05, 0) is 34.9 Å². The van der Waals surface area contributed by atoms with Crippen molar-refractivity contribution >= 4 is 22.3 Å². The first-order valence-corrected chi connectivity index (χ1v) is 5.46. The van der Waals surface area contributed by atoms with E-state index in [0.717, 1.165) is 11.1 Å². The molecule has 0 radical (unpaired) electrons. The van der Waals surface area contributed by atoms with Crippen LogP contribution in [0.3, 0.4) is 0 Å². The molecule has 0 atom stereocenters. The zero-order chi connectivity index (χ0) is 12.3. The maximum absolute atomic E-state index is 11.2. The summed E-state index contributed by atoms with van der Waals surface area (Å²) >= 11 is 0. The largest absolute Gasteiger partial charge is 0.466 e. The molecule has 0 saturated heterocycles. The molecule has 0 aliphatic rings. The van der Waals surface area contributed by atoms with Crippen LogP contribution in [-0.2, 0) is 9.53 Å². The average Bonchev–Trinajstić information content (AvgIpc) is 2.38. The lowest BCUT2D eigenvalue weighted by Gasteiger charge is -2.04. The summed E-state index contributed by atoms with van der Waals surface area (Å²) in [7, 11) is 1.38. The van der Waals surface area contributed by atoms with E-state index in [1.54, 1.807) is 0 Å². The molecule has 0 aliphatic heterocycles. The zero-order valence-corrected chi connectivity index (χ0v) is 9.94. The van der Waals surface area contributed by atoms with Gasteiger partial charge in [-0.1, -0.05) is 36.4 Å². The number of carbonyl (C=O) groups excluding carboxylic acids is 1. The summed E-state index contributed by atoms with van der Waals surface area (Å²) < 4.78 is 4.61. The predicted octanol–water partition coefficient (Wildman–Crippen LogP) is 3.42. The Hall–Kier alpha value is -2.09. The molecule has 0 saturated carbocycles. The maximum Gasteiger partial charge on any atom is 0.330 e. The number of allylic oxidation sites excluding steroid dienone is 1. The van der Waals surface area contributed by atoms with Crippen molar-refractivity contribution in [3.05, 3.63) is 54.1 Å². The minimum absolute atomic E-state index is 0.323. The lowest BCUT2D eigenvalue weighted by Crippen LogP contribution is -1.95. The van der Waals surface area contributed by atoms with Crippen LogP contribution in [0.15, 0.2) is 48.5 Å². The third kappa shape index (κ3) is 2.53. The van der Waals surface area contributed by atoms with Crippen LogP contribution < -0.4 is 0 Å². The molecule has 0 fully saturated rings. The van der Waals surface area contributed by atoms with Crippen molar-refractivity contribution < 1.29 is 9.53 Å². The highest BCUT2D eigenvalue weighted by molar-refractivity contribution is 5.93. The normalized spacial score (nSPS) is 11.5. The Morgan fingerprint density at radius 1 is 1.12 bits per heavy atom. The number of fused-ring (bicyclic) bond motifs is 1. The molecule has 2 aromatic carbocycles. The third-order valence-electron chi connectivity index (χ3n) is 2.74. The highest BCUT2D eigenvalue weighted by Crippen LogP contribution is 2.20. The van der Waals surface area contributed by atoms with Crippen LogP contribution in [-0.4, -0.2) is 13.1 Å². The fraction of sp³-hybridized carbons (Fsp3) is 0.133.